The lowest BCUT2D eigenvalue weighted by molar-refractivity contribution is -0.142. The van der Waals surface area contributed by atoms with Crippen molar-refractivity contribution in [2.75, 3.05) is 6.61 Å². The van der Waals surface area contributed by atoms with Gasteiger partial charge in [-0.3, -0.25) is 9.78 Å². The lowest BCUT2D eigenvalue weighted by Crippen LogP contribution is -2.01. The van der Waals surface area contributed by atoms with Crippen molar-refractivity contribution >= 4 is 18.0 Å². The molecule has 0 aliphatic carbocycles. The van der Waals surface area contributed by atoms with Gasteiger partial charge in [-0.2, -0.15) is 0 Å². The van der Waals surface area contributed by atoms with Crippen molar-refractivity contribution in [2.24, 2.45) is 0 Å². The molecule has 0 bridgehead atoms. The predicted molar refractivity (Wildman–Crippen MR) is 61.5 cm³/mol. The highest BCUT2D eigenvalue weighted by Crippen LogP contribution is 2.03. The molecule has 0 aliphatic heterocycles. The van der Waals surface area contributed by atoms with Gasteiger partial charge < -0.3 is 9.84 Å². The van der Waals surface area contributed by atoms with E-state index in [9.17, 15) is 9.59 Å². The van der Waals surface area contributed by atoms with E-state index in [1.165, 1.54) is 12.3 Å². The molecule has 0 saturated carbocycles. The summed E-state index contributed by atoms with van der Waals surface area (Å²) in [4.78, 5) is 25.5. The van der Waals surface area contributed by atoms with Crippen LogP contribution in [0.5, 0.6) is 0 Å². The second-order valence-electron chi connectivity index (χ2n) is 3.19. The maximum atomic E-state index is 11.0. The van der Waals surface area contributed by atoms with E-state index in [2.05, 4.69) is 4.98 Å². The minimum absolute atomic E-state index is 0.132. The molecule has 5 heteroatoms. The van der Waals surface area contributed by atoms with Crippen molar-refractivity contribution < 1.29 is 19.4 Å². The van der Waals surface area contributed by atoms with Gasteiger partial charge in [-0.25, -0.2) is 4.79 Å². The molecule has 1 heterocycles. The SMILES string of the molecule is CCOC(=O)CC=Cc1ccc(C(=O)O)cn1. The van der Waals surface area contributed by atoms with Crippen molar-refractivity contribution in [3.05, 3.63) is 35.7 Å². The summed E-state index contributed by atoms with van der Waals surface area (Å²) in [6, 6.07) is 3.03. The Kier molecular flexibility index (Phi) is 4.87. The van der Waals surface area contributed by atoms with Gasteiger partial charge in [0, 0.05) is 6.20 Å². The van der Waals surface area contributed by atoms with Crippen molar-refractivity contribution in [3.8, 4) is 0 Å². The third-order valence-electron chi connectivity index (χ3n) is 1.91. The van der Waals surface area contributed by atoms with Crippen LogP contribution in [0.15, 0.2) is 24.4 Å². The van der Waals surface area contributed by atoms with Crippen LogP contribution in [0.3, 0.4) is 0 Å². The number of aromatic nitrogens is 1. The zero-order valence-electron chi connectivity index (χ0n) is 9.42. The number of esters is 1. The number of hydrogen-bond donors (Lipinski definition) is 1. The molecule has 1 rings (SSSR count). The van der Waals surface area contributed by atoms with E-state index in [1.54, 1.807) is 25.1 Å². The van der Waals surface area contributed by atoms with E-state index in [1.807, 2.05) is 0 Å². The van der Waals surface area contributed by atoms with Gasteiger partial charge in [-0.1, -0.05) is 6.08 Å². The van der Waals surface area contributed by atoms with E-state index >= 15 is 0 Å². The van der Waals surface area contributed by atoms with Crippen molar-refractivity contribution in [2.45, 2.75) is 13.3 Å². The summed E-state index contributed by atoms with van der Waals surface area (Å²) in [5.41, 5.74) is 0.729. The van der Waals surface area contributed by atoms with Crippen LogP contribution in [-0.4, -0.2) is 28.6 Å². The molecule has 0 saturated heterocycles. The zero-order valence-corrected chi connectivity index (χ0v) is 9.42. The highest BCUT2D eigenvalue weighted by atomic mass is 16.5. The minimum Gasteiger partial charge on any atom is -0.478 e. The Bertz CT molecular complexity index is 423. The number of carboxylic acids is 1. The Balaban J connectivity index is 2.54. The second-order valence-corrected chi connectivity index (χ2v) is 3.19. The second kappa shape index (κ2) is 6.42. The molecule has 1 aromatic heterocycles. The molecule has 0 fully saturated rings. The Labute approximate surface area is 98.7 Å². The molecule has 0 radical (unpaired) electrons. The molecule has 90 valence electrons. The van der Waals surface area contributed by atoms with Crippen LogP contribution in [0.25, 0.3) is 6.08 Å². The van der Waals surface area contributed by atoms with Crippen LogP contribution >= 0.6 is 0 Å². The van der Waals surface area contributed by atoms with E-state index in [-0.39, 0.29) is 18.0 Å². The van der Waals surface area contributed by atoms with Crippen molar-refractivity contribution in [1.29, 1.82) is 0 Å². The summed E-state index contributed by atoms with van der Waals surface area (Å²) in [6.07, 6.45) is 4.71. The van der Waals surface area contributed by atoms with E-state index in [4.69, 9.17) is 9.84 Å². The number of ether oxygens (including phenoxy) is 1. The average Bonchev–Trinajstić information content (AvgIpc) is 2.30. The first-order chi connectivity index (χ1) is 8.13. The average molecular weight is 235 g/mol. The molecule has 0 unspecified atom stereocenters. The summed E-state index contributed by atoms with van der Waals surface area (Å²) in [5.74, 6) is -1.31. The molecule has 0 aliphatic rings. The first kappa shape index (κ1) is 12.9. The van der Waals surface area contributed by atoms with Gasteiger partial charge >= 0.3 is 11.9 Å². The largest absolute Gasteiger partial charge is 0.478 e. The van der Waals surface area contributed by atoms with Gasteiger partial charge in [-0.05, 0) is 25.1 Å². The van der Waals surface area contributed by atoms with Gasteiger partial charge in [0.15, 0.2) is 0 Å². The lowest BCUT2D eigenvalue weighted by atomic mass is 10.2. The Morgan fingerprint density at radius 2 is 2.24 bits per heavy atom. The number of carboxylic acid groups (broad SMARTS) is 1. The lowest BCUT2D eigenvalue weighted by Gasteiger charge is -1.97. The molecule has 0 amide bonds. The standard InChI is InChI=1S/C12H13NO4/c1-2-17-11(14)5-3-4-10-7-6-9(8-13-10)12(15)16/h3-4,6-8H,2,5H2,1H3,(H,15,16). The van der Waals surface area contributed by atoms with Gasteiger partial charge in [0.25, 0.3) is 0 Å². The third kappa shape index (κ3) is 4.46. The van der Waals surface area contributed by atoms with Crippen molar-refractivity contribution in [1.82, 2.24) is 4.98 Å². The summed E-state index contributed by atoms with van der Waals surface area (Å²) < 4.78 is 4.74. The molecule has 5 nitrogen and oxygen atoms in total. The normalized spacial score (nSPS) is 10.4. The number of pyridine rings is 1. The number of nitrogens with zero attached hydrogens (tertiary/aromatic N) is 1. The molecular formula is C12H13NO4. The number of rotatable bonds is 5. The van der Waals surface area contributed by atoms with Crippen LogP contribution in [0.4, 0.5) is 0 Å². The Morgan fingerprint density at radius 1 is 1.47 bits per heavy atom. The minimum atomic E-state index is -1.01. The fourth-order valence-electron chi connectivity index (χ4n) is 1.13. The van der Waals surface area contributed by atoms with E-state index in [0.717, 1.165) is 0 Å². The molecular weight excluding hydrogens is 222 g/mol. The monoisotopic (exact) mass is 235 g/mol. The van der Waals surface area contributed by atoms with Crippen molar-refractivity contribution in [3.63, 3.8) is 0 Å². The first-order valence-corrected chi connectivity index (χ1v) is 5.15. The molecule has 0 spiro atoms. The fourth-order valence-corrected chi connectivity index (χ4v) is 1.13. The maximum Gasteiger partial charge on any atom is 0.337 e. The zero-order chi connectivity index (χ0) is 12.7. The summed E-state index contributed by atoms with van der Waals surface area (Å²) in [7, 11) is 0. The Morgan fingerprint density at radius 3 is 2.76 bits per heavy atom. The molecule has 0 aromatic carbocycles. The van der Waals surface area contributed by atoms with Gasteiger partial charge in [-0.15, -0.1) is 0 Å². The number of aromatic carboxylic acids is 1. The van der Waals surface area contributed by atoms with Crippen LogP contribution in [0.2, 0.25) is 0 Å². The molecule has 17 heavy (non-hydrogen) atoms. The van der Waals surface area contributed by atoms with Crippen LogP contribution in [-0.2, 0) is 9.53 Å². The molecule has 1 aromatic rings. The maximum absolute atomic E-state index is 11.0. The third-order valence-corrected chi connectivity index (χ3v) is 1.91. The number of carbonyl (C=O) groups excluding carboxylic acids is 1. The van der Waals surface area contributed by atoms with Crippen LogP contribution in [0.1, 0.15) is 29.4 Å². The molecule has 0 atom stereocenters. The fraction of sp³-hybridized carbons (Fsp3) is 0.250. The van der Waals surface area contributed by atoms with E-state index < -0.39 is 5.97 Å². The van der Waals surface area contributed by atoms with Crippen LogP contribution in [0, 0.1) is 0 Å². The van der Waals surface area contributed by atoms with Gasteiger partial charge in [0.1, 0.15) is 0 Å². The summed E-state index contributed by atoms with van der Waals surface area (Å²) >= 11 is 0. The predicted octanol–water partition coefficient (Wildman–Crippen LogP) is 1.75. The number of hydrogen-bond acceptors (Lipinski definition) is 4. The first-order valence-electron chi connectivity index (χ1n) is 5.15. The Hall–Kier alpha value is -2.17. The molecule has 1 N–H and O–H groups in total. The quantitative estimate of drug-likeness (QED) is 0.787. The van der Waals surface area contributed by atoms with Gasteiger partial charge in [0.05, 0.1) is 24.3 Å². The number of carbonyl (C=O) groups is 2. The van der Waals surface area contributed by atoms with Crippen LogP contribution < -0.4 is 0 Å². The summed E-state index contributed by atoms with van der Waals surface area (Å²) in [5, 5.41) is 8.66. The topological polar surface area (TPSA) is 76.5 Å². The smallest absolute Gasteiger partial charge is 0.337 e. The summed E-state index contributed by atoms with van der Waals surface area (Å²) in [6.45, 7) is 2.10. The van der Waals surface area contributed by atoms with Gasteiger partial charge in [0.2, 0.25) is 0 Å². The highest BCUT2D eigenvalue weighted by Gasteiger charge is 2.01. The highest BCUT2D eigenvalue weighted by molar-refractivity contribution is 5.87. The van der Waals surface area contributed by atoms with E-state index in [0.29, 0.717) is 12.3 Å².